The molecule has 0 aliphatic heterocycles. The number of likely N-dealkylation sites (N-methyl/N-ethyl adjacent to an activating group) is 1. The van der Waals surface area contributed by atoms with Gasteiger partial charge in [0.25, 0.3) is 5.91 Å². The molecule has 0 atom stereocenters. The molecule has 1 N–H and O–H groups in total. The van der Waals surface area contributed by atoms with Crippen LogP contribution in [0.4, 0.5) is 0 Å². The molecule has 134 valence electrons. The summed E-state index contributed by atoms with van der Waals surface area (Å²) in [7, 11) is 3.47. The first-order chi connectivity index (χ1) is 12.5. The molecule has 0 saturated carbocycles. The maximum Gasteiger partial charge on any atom is 0.256 e. The quantitative estimate of drug-likeness (QED) is 0.729. The molecule has 1 amide bonds. The van der Waals surface area contributed by atoms with Crippen LogP contribution in [0.1, 0.15) is 28.5 Å². The predicted octanol–water partition coefficient (Wildman–Crippen LogP) is 4.66. The van der Waals surface area contributed by atoms with Gasteiger partial charge in [0.2, 0.25) is 0 Å². The highest BCUT2D eigenvalue weighted by Crippen LogP contribution is 2.27. The Morgan fingerprint density at radius 1 is 1.19 bits per heavy atom. The number of hydrogen-bond donors (Lipinski definition) is 1. The third-order valence-electron chi connectivity index (χ3n) is 4.45. The third-order valence-corrected chi connectivity index (χ3v) is 4.45. The number of rotatable bonds is 5. The van der Waals surface area contributed by atoms with Crippen molar-refractivity contribution in [1.29, 1.82) is 0 Å². The molecule has 0 aliphatic rings. The molecule has 0 fully saturated rings. The van der Waals surface area contributed by atoms with Crippen molar-refractivity contribution < 1.29 is 9.53 Å². The van der Waals surface area contributed by atoms with Gasteiger partial charge in [0, 0.05) is 30.2 Å². The summed E-state index contributed by atoms with van der Waals surface area (Å²) in [5.41, 5.74) is 4.78. The lowest BCUT2D eigenvalue weighted by atomic mass is 10.1. The van der Waals surface area contributed by atoms with Crippen LogP contribution in [-0.2, 0) is 0 Å². The van der Waals surface area contributed by atoms with Crippen LogP contribution in [-0.4, -0.2) is 36.5 Å². The average molecular weight is 348 g/mol. The first-order valence-corrected chi connectivity index (χ1v) is 8.63. The van der Waals surface area contributed by atoms with Gasteiger partial charge in [-0.15, -0.1) is 0 Å². The minimum absolute atomic E-state index is 0.00261. The summed E-state index contributed by atoms with van der Waals surface area (Å²) >= 11 is 0. The number of methoxy groups -OCH3 is 1. The summed E-state index contributed by atoms with van der Waals surface area (Å²) < 4.78 is 5.31. The fourth-order valence-electron chi connectivity index (χ4n) is 3.22. The van der Waals surface area contributed by atoms with E-state index in [0.717, 1.165) is 33.5 Å². The van der Waals surface area contributed by atoms with E-state index in [2.05, 4.69) is 23.2 Å². The van der Waals surface area contributed by atoms with Crippen LogP contribution < -0.4 is 4.74 Å². The van der Waals surface area contributed by atoms with Crippen molar-refractivity contribution >= 4 is 22.9 Å². The molecule has 26 heavy (non-hydrogen) atoms. The Hall–Kier alpha value is -3.01. The van der Waals surface area contributed by atoms with Crippen molar-refractivity contribution in [1.82, 2.24) is 9.88 Å². The van der Waals surface area contributed by atoms with E-state index in [1.807, 2.05) is 57.3 Å². The second kappa shape index (κ2) is 7.48. The van der Waals surface area contributed by atoms with Crippen molar-refractivity contribution in [2.45, 2.75) is 13.8 Å². The summed E-state index contributed by atoms with van der Waals surface area (Å²) in [5.74, 6) is 0.746. The summed E-state index contributed by atoms with van der Waals surface area (Å²) in [6.45, 7) is 4.55. The lowest BCUT2D eigenvalue weighted by Crippen LogP contribution is -2.28. The highest BCUT2D eigenvalue weighted by Gasteiger charge is 2.20. The smallest absolute Gasteiger partial charge is 0.256 e. The van der Waals surface area contributed by atoms with Crippen LogP contribution >= 0.6 is 0 Å². The van der Waals surface area contributed by atoms with E-state index < -0.39 is 0 Å². The lowest BCUT2D eigenvalue weighted by Gasteiger charge is -2.18. The van der Waals surface area contributed by atoms with Crippen LogP contribution in [0.3, 0.4) is 0 Å². The van der Waals surface area contributed by atoms with Gasteiger partial charge in [-0.05, 0) is 37.6 Å². The molecule has 1 aromatic heterocycles. The summed E-state index contributed by atoms with van der Waals surface area (Å²) in [6, 6.07) is 15.9. The number of carbonyl (C=O) groups excluding carboxylic acids is 1. The Balaban J connectivity index is 1.85. The lowest BCUT2D eigenvalue weighted by molar-refractivity contribution is 0.0808. The fraction of sp³-hybridized carbons (Fsp3) is 0.227. The molecule has 2 aromatic carbocycles. The van der Waals surface area contributed by atoms with Gasteiger partial charge in [-0.2, -0.15) is 0 Å². The van der Waals surface area contributed by atoms with Gasteiger partial charge >= 0.3 is 0 Å². The van der Waals surface area contributed by atoms with Crippen LogP contribution in [0.25, 0.3) is 17.0 Å². The molecule has 3 aromatic rings. The van der Waals surface area contributed by atoms with Crippen LogP contribution in [0.15, 0.2) is 54.1 Å². The van der Waals surface area contributed by atoms with Crippen LogP contribution in [0, 0.1) is 6.92 Å². The summed E-state index contributed by atoms with van der Waals surface area (Å²) in [5, 5.41) is 0.892. The molecule has 0 spiro atoms. The number of carbonyl (C=O) groups is 1. The molecule has 0 unspecified atom stereocenters. The van der Waals surface area contributed by atoms with E-state index in [1.54, 1.807) is 12.0 Å². The van der Waals surface area contributed by atoms with Gasteiger partial charge in [0.05, 0.1) is 12.7 Å². The van der Waals surface area contributed by atoms with E-state index in [0.29, 0.717) is 12.1 Å². The Kier molecular flexibility index (Phi) is 5.12. The van der Waals surface area contributed by atoms with Gasteiger partial charge in [-0.3, -0.25) is 4.79 Å². The zero-order chi connectivity index (χ0) is 18.7. The van der Waals surface area contributed by atoms with E-state index in [9.17, 15) is 4.79 Å². The normalized spacial score (nSPS) is 11.6. The molecule has 4 heteroatoms. The molecular weight excluding hydrogens is 324 g/mol. The summed E-state index contributed by atoms with van der Waals surface area (Å²) in [4.78, 5) is 18.1. The third kappa shape index (κ3) is 3.64. The van der Waals surface area contributed by atoms with Crippen molar-refractivity contribution in [2.75, 3.05) is 20.7 Å². The number of fused-ring (bicyclic) bond motifs is 1. The molecule has 4 nitrogen and oxygen atoms in total. The van der Waals surface area contributed by atoms with Gasteiger partial charge in [-0.25, -0.2) is 0 Å². The maximum absolute atomic E-state index is 13.1. The number of H-pyrrole nitrogens is 1. The largest absolute Gasteiger partial charge is 0.497 e. The Morgan fingerprint density at radius 3 is 2.62 bits per heavy atom. The number of aromatic amines is 1. The van der Waals surface area contributed by atoms with Gasteiger partial charge in [0.15, 0.2) is 0 Å². The summed E-state index contributed by atoms with van der Waals surface area (Å²) in [6.07, 6.45) is 2.11. The van der Waals surface area contributed by atoms with Gasteiger partial charge in [0.1, 0.15) is 5.75 Å². The minimum atomic E-state index is 0.00261. The number of ether oxygens (including phenoxy) is 1. The second-order valence-electron chi connectivity index (χ2n) is 6.60. The zero-order valence-corrected chi connectivity index (χ0v) is 15.7. The Bertz CT molecular complexity index is 955. The van der Waals surface area contributed by atoms with Crippen molar-refractivity contribution in [3.63, 3.8) is 0 Å². The molecule has 3 rings (SSSR count). The fourth-order valence-corrected chi connectivity index (χ4v) is 3.22. The first kappa shape index (κ1) is 17.8. The highest BCUT2D eigenvalue weighted by atomic mass is 16.5. The standard InChI is InChI=1S/C22H24N2O2/c1-15(12-17-8-6-5-7-9-17)14-24(3)22(25)21-16(2)23-20-11-10-18(26-4)13-19(20)21/h5-13,23H,14H2,1-4H3/b15-12+. The SMILES string of the molecule is COc1ccc2[nH]c(C)c(C(=O)N(C)C/C(C)=C/c3ccccc3)c2c1. The predicted molar refractivity (Wildman–Crippen MR) is 107 cm³/mol. The number of nitrogens with one attached hydrogen (secondary N) is 1. The minimum Gasteiger partial charge on any atom is -0.497 e. The van der Waals surface area contributed by atoms with E-state index >= 15 is 0 Å². The number of aryl methyl sites for hydroxylation is 1. The monoisotopic (exact) mass is 348 g/mol. The van der Waals surface area contributed by atoms with Gasteiger partial charge < -0.3 is 14.6 Å². The van der Waals surface area contributed by atoms with Crippen molar-refractivity contribution in [3.05, 3.63) is 70.9 Å². The van der Waals surface area contributed by atoms with E-state index in [1.165, 1.54) is 0 Å². The van der Waals surface area contributed by atoms with E-state index in [4.69, 9.17) is 4.74 Å². The number of amides is 1. The molecule has 0 bridgehead atoms. The number of nitrogens with zero attached hydrogens (tertiary/aromatic N) is 1. The topological polar surface area (TPSA) is 45.3 Å². The zero-order valence-electron chi connectivity index (χ0n) is 15.7. The molecule has 0 radical (unpaired) electrons. The van der Waals surface area contributed by atoms with E-state index in [-0.39, 0.29) is 5.91 Å². The second-order valence-corrected chi connectivity index (χ2v) is 6.60. The highest BCUT2D eigenvalue weighted by molar-refractivity contribution is 6.08. The molecule has 0 aliphatic carbocycles. The average Bonchev–Trinajstić information content (AvgIpc) is 2.96. The molecular formula is C22H24N2O2. The van der Waals surface area contributed by atoms with Crippen LogP contribution in [0.2, 0.25) is 0 Å². The maximum atomic E-state index is 13.1. The van der Waals surface area contributed by atoms with Crippen molar-refractivity contribution in [3.8, 4) is 5.75 Å². The van der Waals surface area contributed by atoms with Crippen molar-refractivity contribution in [2.24, 2.45) is 0 Å². The molecule has 0 saturated heterocycles. The number of aromatic nitrogens is 1. The number of benzene rings is 2. The van der Waals surface area contributed by atoms with Crippen LogP contribution in [0.5, 0.6) is 5.75 Å². The van der Waals surface area contributed by atoms with Gasteiger partial charge in [-0.1, -0.05) is 42.0 Å². The number of hydrogen-bond acceptors (Lipinski definition) is 2. The first-order valence-electron chi connectivity index (χ1n) is 8.63. The Labute approximate surface area is 154 Å². The Morgan fingerprint density at radius 2 is 1.92 bits per heavy atom. The molecule has 1 heterocycles.